The van der Waals surface area contributed by atoms with Gasteiger partial charge in [-0.05, 0) is 59.4 Å². The van der Waals surface area contributed by atoms with E-state index in [1.807, 2.05) is 68.6 Å². The average Bonchev–Trinajstić information content (AvgIpc) is 3.74. The van der Waals surface area contributed by atoms with Gasteiger partial charge in [-0.2, -0.15) is 13.6 Å². The van der Waals surface area contributed by atoms with Crippen LogP contribution in [0.25, 0.3) is 22.5 Å². The lowest BCUT2D eigenvalue weighted by Crippen LogP contribution is -2.42. The minimum Gasteiger partial charge on any atom is -0.372 e. The molecule has 0 saturated heterocycles. The van der Waals surface area contributed by atoms with Crippen LogP contribution in [-0.4, -0.2) is 78.7 Å². The molecule has 51 heavy (non-hydrogen) atoms. The van der Waals surface area contributed by atoms with Crippen LogP contribution in [-0.2, 0) is 34.3 Å². The number of carbonyl (C=O) groups excluding carboxylic acids is 1. The number of fused-ring (bicyclic) bond motifs is 2. The van der Waals surface area contributed by atoms with Crippen LogP contribution >= 0.6 is 12.2 Å². The van der Waals surface area contributed by atoms with Crippen LogP contribution in [0.5, 0.6) is 0 Å². The minimum atomic E-state index is -4.08. The number of Topliss-reactive ketones (excluding diaryl/α,β-unsaturated/α-hetero) is 1. The average molecular weight is 734 g/mol. The summed E-state index contributed by atoms with van der Waals surface area (Å²) in [4.78, 5) is 32.9. The minimum absolute atomic E-state index is 0.00988. The van der Waals surface area contributed by atoms with Crippen LogP contribution in [0, 0.1) is 23.7 Å². The molecular formula is C37H47N7O5S2. The Morgan fingerprint density at radius 2 is 1.78 bits per heavy atom. The van der Waals surface area contributed by atoms with E-state index in [2.05, 4.69) is 51.8 Å². The van der Waals surface area contributed by atoms with Crippen molar-refractivity contribution in [3.05, 3.63) is 81.5 Å². The maximum atomic E-state index is 13.6. The van der Waals surface area contributed by atoms with E-state index in [1.54, 1.807) is 0 Å². The van der Waals surface area contributed by atoms with Gasteiger partial charge in [-0.25, -0.2) is 4.98 Å². The number of ketones is 1. The number of nitrogens with one attached hydrogen (secondary N) is 1. The van der Waals surface area contributed by atoms with Crippen LogP contribution < -0.4 is 5.56 Å². The molecule has 0 unspecified atom stereocenters. The normalized spacial score (nSPS) is 19.1. The van der Waals surface area contributed by atoms with E-state index < -0.39 is 21.3 Å². The first-order chi connectivity index (χ1) is 24.1. The number of H-pyrrole nitrogens is 1. The molecule has 2 aliphatic rings. The first-order valence-corrected chi connectivity index (χ1v) is 19.3. The van der Waals surface area contributed by atoms with Gasteiger partial charge in [0.1, 0.15) is 11.6 Å². The fourth-order valence-corrected chi connectivity index (χ4v) is 9.00. The molecule has 2 heterocycles. The van der Waals surface area contributed by atoms with E-state index in [0.717, 1.165) is 64.4 Å². The maximum Gasteiger partial charge on any atom is 0.265 e. The van der Waals surface area contributed by atoms with Crippen LogP contribution in [0.3, 0.4) is 0 Å². The summed E-state index contributed by atoms with van der Waals surface area (Å²) in [5, 5.41) is 14.5. The number of aryl methyl sites for hydroxylation is 2. The van der Waals surface area contributed by atoms with Crippen molar-refractivity contribution in [3.8, 4) is 22.5 Å². The molecule has 0 spiro atoms. The van der Waals surface area contributed by atoms with Crippen LogP contribution in [0.2, 0.25) is 0 Å². The molecule has 0 aliphatic heterocycles. The third-order valence-electron chi connectivity index (χ3n) is 10.8. The molecule has 2 aliphatic carbocycles. The lowest BCUT2D eigenvalue weighted by Gasteiger charge is -2.35. The van der Waals surface area contributed by atoms with Gasteiger partial charge in [0.05, 0.1) is 22.7 Å². The second kappa shape index (κ2) is 15.2. The number of carbonyl (C=O) groups is 1. The highest BCUT2D eigenvalue weighted by molar-refractivity contribution is 7.85. The molecule has 12 nitrogen and oxygen atoms in total. The Morgan fingerprint density at radius 1 is 1.10 bits per heavy atom. The molecule has 6 rings (SSSR count). The molecule has 2 bridgehead atoms. The Hall–Kier alpha value is -4.14. The van der Waals surface area contributed by atoms with E-state index in [0.29, 0.717) is 37.2 Å². The van der Waals surface area contributed by atoms with Gasteiger partial charge in [-0.3, -0.25) is 18.7 Å². The summed E-state index contributed by atoms with van der Waals surface area (Å²) in [6.07, 6.45) is 5.17. The van der Waals surface area contributed by atoms with Crippen molar-refractivity contribution in [3.63, 3.8) is 0 Å². The SMILES string of the molecule is CC1(C)[C@@H]2CC[C@@]1(CS(=O)(=O)O)C(=O)C2.CCCCc1nc(C)c(CC(=S)N(C)C)c(=O)n1Cc1ccc(-c2ccccc2-c2nn[nH]n2)cc1. The highest BCUT2D eigenvalue weighted by Crippen LogP contribution is 2.64. The summed E-state index contributed by atoms with van der Waals surface area (Å²) in [5.41, 5.74) is 4.29. The molecule has 0 radical (unpaired) electrons. The lowest BCUT2D eigenvalue weighted by molar-refractivity contribution is -0.128. The smallest absolute Gasteiger partial charge is 0.265 e. The highest BCUT2D eigenvalue weighted by atomic mass is 32.2. The first kappa shape index (κ1) is 38.1. The second-order valence-corrected chi connectivity index (χ2v) is 16.3. The number of likely N-dealkylation sites (N-methyl/N-ethyl adjacent to an activating group) is 1. The van der Waals surface area contributed by atoms with E-state index >= 15 is 0 Å². The molecule has 272 valence electrons. The Balaban J connectivity index is 0.000000279. The van der Waals surface area contributed by atoms with Gasteiger partial charge >= 0.3 is 0 Å². The van der Waals surface area contributed by atoms with Gasteiger partial charge in [-0.15, -0.1) is 10.2 Å². The van der Waals surface area contributed by atoms with Gasteiger partial charge in [0.25, 0.3) is 15.7 Å². The van der Waals surface area contributed by atoms with Crippen molar-refractivity contribution in [2.75, 3.05) is 19.8 Å². The second-order valence-electron chi connectivity index (χ2n) is 14.4. The van der Waals surface area contributed by atoms with Crippen LogP contribution in [0.15, 0.2) is 53.3 Å². The molecule has 0 amide bonds. The monoisotopic (exact) mass is 733 g/mol. The topological polar surface area (TPSA) is 164 Å². The number of thiocarbonyl (C=S) groups is 1. The largest absolute Gasteiger partial charge is 0.372 e. The molecule has 2 aromatic carbocycles. The molecule has 2 N–H and O–H groups in total. The van der Waals surface area contributed by atoms with E-state index in [9.17, 15) is 18.0 Å². The Morgan fingerprint density at radius 3 is 2.33 bits per heavy atom. The third kappa shape index (κ3) is 8.02. The van der Waals surface area contributed by atoms with Gasteiger partial charge in [-0.1, -0.05) is 87.9 Å². The summed E-state index contributed by atoms with van der Waals surface area (Å²) in [6, 6.07) is 16.2. The number of benzene rings is 2. The van der Waals surface area contributed by atoms with Crippen molar-refractivity contribution in [2.45, 2.75) is 79.2 Å². The maximum absolute atomic E-state index is 13.6. The fourth-order valence-electron chi connectivity index (χ4n) is 7.56. The number of tetrazole rings is 1. The van der Waals surface area contributed by atoms with Crippen molar-refractivity contribution in [1.29, 1.82) is 0 Å². The van der Waals surface area contributed by atoms with E-state index in [-0.39, 0.29) is 22.7 Å². The van der Waals surface area contributed by atoms with Crippen molar-refractivity contribution < 1.29 is 17.8 Å². The van der Waals surface area contributed by atoms with Crippen molar-refractivity contribution in [1.82, 2.24) is 35.1 Å². The first-order valence-electron chi connectivity index (χ1n) is 17.3. The Kier molecular flexibility index (Phi) is 11.4. The summed E-state index contributed by atoms with van der Waals surface area (Å²) in [6.45, 7) is 8.40. The number of aromatic nitrogens is 6. The van der Waals surface area contributed by atoms with E-state index in [4.69, 9.17) is 21.8 Å². The quantitative estimate of drug-likeness (QED) is 0.148. The Labute approximate surface area is 304 Å². The number of rotatable bonds is 11. The molecular weight excluding hydrogens is 687 g/mol. The van der Waals surface area contributed by atoms with Gasteiger partial charge in [0.2, 0.25) is 5.82 Å². The Bertz CT molecular complexity index is 2060. The number of nitrogens with zero attached hydrogens (tertiary/aromatic N) is 6. The predicted octanol–water partition coefficient (Wildman–Crippen LogP) is 5.49. The highest BCUT2D eigenvalue weighted by Gasteiger charge is 2.65. The molecule has 4 aromatic rings. The van der Waals surface area contributed by atoms with Gasteiger partial charge in [0.15, 0.2) is 0 Å². The summed E-state index contributed by atoms with van der Waals surface area (Å²) in [7, 11) is -0.275. The lowest BCUT2D eigenvalue weighted by atomic mass is 9.70. The number of hydrogen-bond acceptors (Lipinski definition) is 9. The van der Waals surface area contributed by atoms with Crippen LogP contribution in [0.4, 0.5) is 0 Å². The van der Waals surface area contributed by atoms with Crippen molar-refractivity contribution >= 4 is 33.1 Å². The molecule has 2 fully saturated rings. The van der Waals surface area contributed by atoms with Gasteiger partial charge in [0, 0.05) is 50.2 Å². The van der Waals surface area contributed by atoms with E-state index in [1.165, 1.54) is 0 Å². The van der Waals surface area contributed by atoms with Crippen molar-refractivity contribution in [2.24, 2.45) is 16.7 Å². The summed E-state index contributed by atoms with van der Waals surface area (Å²) in [5.74, 6) is 1.27. The standard InChI is InChI=1S/C27H31N7OS.C10H16O4S/c1-5-6-11-24-28-18(2)23(16-25(36)33(3)4)27(35)34(24)17-19-12-14-20(15-13-19)21-9-7-8-10-22(21)26-29-31-32-30-26;1-9(2)7-3-4-10(9,8(11)5-7)6-15(12,13)14/h7-10,12-15H,5-6,11,16-17H2,1-4H3,(H,29,30,31,32);7H,3-6H2,1-2H3,(H,12,13,14)/t;7-,10-/m.1/s1. The molecule has 2 aromatic heterocycles. The summed E-state index contributed by atoms with van der Waals surface area (Å²) >= 11 is 5.49. The zero-order chi connectivity index (χ0) is 37.1. The third-order valence-corrected chi connectivity index (χ3v) is 12.2. The number of unbranched alkanes of at least 4 members (excludes halogenated alkanes) is 1. The zero-order valence-corrected chi connectivity index (χ0v) is 31.8. The van der Waals surface area contributed by atoms with Gasteiger partial charge < -0.3 is 4.90 Å². The molecule has 14 heteroatoms. The zero-order valence-electron chi connectivity index (χ0n) is 30.1. The fraction of sp³-hybridized carbons (Fsp3) is 0.486. The number of aromatic amines is 1. The summed E-state index contributed by atoms with van der Waals surface area (Å²) < 4.78 is 32.8. The predicted molar refractivity (Wildman–Crippen MR) is 201 cm³/mol. The number of hydrogen-bond donors (Lipinski definition) is 2. The molecule has 2 saturated carbocycles. The van der Waals surface area contributed by atoms with Crippen LogP contribution in [0.1, 0.15) is 75.5 Å². The molecule has 2 atom stereocenters.